The van der Waals surface area contributed by atoms with Gasteiger partial charge in [0, 0.05) is 32.7 Å². The molecule has 1 saturated carbocycles. The molecule has 0 unspecified atom stereocenters. The van der Waals surface area contributed by atoms with E-state index in [2.05, 4.69) is 29.8 Å². The van der Waals surface area contributed by atoms with Gasteiger partial charge in [0.25, 0.3) is 0 Å². The minimum Gasteiger partial charge on any atom is -0.378 e. The lowest BCUT2D eigenvalue weighted by Gasteiger charge is -2.31. The predicted octanol–water partition coefficient (Wildman–Crippen LogP) is 1.79. The fourth-order valence-corrected chi connectivity index (χ4v) is 3.35. The van der Waals surface area contributed by atoms with Crippen LogP contribution in [0, 0.1) is 17.8 Å². The van der Waals surface area contributed by atoms with Crippen molar-refractivity contribution in [1.82, 2.24) is 20.9 Å². The number of hydrogen-bond donors (Lipinski definition) is 3. The van der Waals surface area contributed by atoms with Crippen molar-refractivity contribution >= 4 is 12.1 Å². The zero-order chi connectivity index (χ0) is 18.1. The number of hydrogen-bond acceptors (Lipinski definition) is 3. The van der Waals surface area contributed by atoms with Gasteiger partial charge in [0.1, 0.15) is 0 Å². The first-order chi connectivity index (χ1) is 12.0. The van der Waals surface area contributed by atoms with Gasteiger partial charge in [-0.15, -0.1) is 0 Å². The molecule has 0 bridgehead atoms. The number of nitrogens with zero attached hydrogens (tertiary/aromatic N) is 1. The van der Waals surface area contributed by atoms with Crippen LogP contribution < -0.4 is 16.0 Å². The number of ether oxygens (including phenoxy) is 1. The molecule has 25 heavy (non-hydrogen) atoms. The molecule has 0 atom stereocenters. The summed E-state index contributed by atoms with van der Waals surface area (Å²) in [6, 6.07) is -0.0255. The molecule has 1 aliphatic carbocycles. The molecule has 3 N–H and O–H groups in total. The standard InChI is InChI=1S/C18H34N4O3/c1-14(2)11-19-17(23)20-12-15-3-5-16(6-4-15)13-21-18(24)22-7-9-25-10-8-22/h14-16H,3-13H2,1-2H3,(H,21,24)(H2,19,20,23). The zero-order valence-electron chi connectivity index (χ0n) is 15.7. The Morgan fingerprint density at radius 2 is 1.52 bits per heavy atom. The topological polar surface area (TPSA) is 82.7 Å². The summed E-state index contributed by atoms with van der Waals surface area (Å²) < 4.78 is 5.27. The highest BCUT2D eigenvalue weighted by Crippen LogP contribution is 2.27. The van der Waals surface area contributed by atoms with Gasteiger partial charge in [-0.2, -0.15) is 0 Å². The highest BCUT2D eigenvalue weighted by molar-refractivity contribution is 5.74. The van der Waals surface area contributed by atoms with Crippen LogP contribution in [0.4, 0.5) is 9.59 Å². The zero-order valence-corrected chi connectivity index (χ0v) is 15.7. The van der Waals surface area contributed by atoms with E-state index in [0.29, 0.717) is 50.6 Å². The normalized spacial score (nSPS) is 24.0. The van der Waals surface area contributed by atoms with Crippen molar-refractivity contribution in [2.75, 3.05) is 45.9 Å². The average Bonchev–Trinajstić information content (AvgIpc) is 2.64. The second kappa shape index (κ2) is 10.5. The van der Waals surface area contributed by atoms with Gasteiger partial charge in [-0.05, 0) is 43.4 Å². The first kappa shape index (κ1) is 19.8. The monoisotopic (exact) mass is 354 g/mol. The molecule has 1 saturated heterocycles. The largest absolute Gasteiger partial charge is 0.378 e. The molecule has 7 heteroatoms. The van der Waals surface area contributed by atoms with E-state index in [1.807, 2.05) is 4.90 Å². The second-order valence-electron chi connectivity index (χ2n) is 7.66. The number of carbonyl (C=O) groups excluding carboxylic acids is 2. The summed E-state index contributed by atoms with van der Waals surface area (Å²) in [5.74, 6) is 1.57. The van der Waals surface area contributed by atoms with Crippen LogP contribution in [0.3, 0.4) is 0 Å². The Kier molecular flexibility index (Phi) is 8.31. The van der Waals surface area contributed by atoms with Gasteiger partial charge in [0.2, 0.25) is 0 Å². The van der Waals surface area contributed by atoms with Crippen molar-refractivity contribution in [2.24, 2.45) is 17.8 Å². The summed E-state index contributed by atoms with van der Waals surface area (Å²) >= 11 is 0. The van der Waals surface area contributed by atoms with Gasteiger partial charge >= 0.3 is 12.1 Å². The van der Waals surface area contributed by atoms with Crippen LogP contribution >= 0.6 is 0 Å². The van der Waals surface area contributed by atoms with Gasteiger partial charge in [0.15, 0.2) is 0 Å². The lowest BCUT2D eigenvalue weighted by molar-refractivity contribution is 0.0528. The van der Waals surface area contributed by atoms with Crippen molar-refractivity contribution < 1.29 is 14.3 Å². The lowest BCUT2D eigenvalue weighted by atomic mass is 9.82. The molecular weight excluding hydrogens is 320 g/mol. The van der Waals surface area contributed by atoms with Gasteiger partial charge in [0.05, 0.1) is 13.2 Å². The minimum atomic E-state index is -0.0615. The van der Waals surface area contributed by atoms with Crippen LogP contribution in [-0.4, -0.2) is 62.9 Å². The molecule has 7 nitrogen and oxygen atoms in total. The van der Waals surface area contributed by atoms with E-state index in [4.69, 9.17) is 4.74 Å². The van der Waals surface area contributed by atoms with Crippen molar-refractivity contribution in [3.05, 3.63) is 0 Å². The molecule has 0 aromatic rings. The van der Waals surface area contributed by atoms with Crippen LogP contribution in [0.5, 0.6) is 0 Å². The van der Waals surface area contributed by atoms with E-state index in [1.165, 1.54) is 0 Å². The van der Waals surface area contributed by atoms with Crippen LogP contribution in [0.15, 0.2) is 0 Å². The summed E-state index contributed by atoms with van der Waals surface area (Å²) in [4.78, 5) is 25.6. The number of nitrogens with one attached hydrogen (secondary N) is 3. The number of amides is 4. The SMILES string of the molecule is CC(C)CNC(=O)NCC1CCC(CNC(=O)N2CCOCC2)CC1. The molecule has 144 valence electrons. The lowest BCUT2D eigenvalue weighted by Crippen LogP contribution is -2.47. The van der Waals surface area contributed by atoms with E-state index in [1.54, 1.807) is 0 Å². The maximum atomic E-state index is 12.1. The quantitative estimate of drug-likeness (QED) is 0.680. The van der Waals surface area contributed by atoms with Crippen molar-refractivity contribution in [1.29, 1.82) is 0 Å². The Morgan fingerprint density at radius 1 is 0.960 bits per heavy atom. The van der Waals surface area contributed by atoms with Crippen LogP contribution in [0.1, 0.15) is 39.5 Å². The third kappa shape index (κ3) is 7.50. The molecular formula is C18H34N4O3. The van der Waals surface area contributed by atoms with E-state index in [-0.39, 0.29) is 12.1 Å². The van der Waals surface area contributed by atoms with Gasteiger partial charge in [-0.3, -0.25) is 0 Å². The Labute approximate surface area is 151 Å². The molecule has 0 radical (unpaired) electrons. The summed E-state index contributed by atoms with van der Waals surface area (Å²) in [5, 5.41) is 8.93. The Hall–Kier alpha value is -1.50. The molecule has 0 spiro atoms. The van der Waals surface area contributed by atoms with Gasteiger partial charge in [-0.25, -0.2) is 9.59 Å². The molecule has 2 fully saturated rings. The van der Waals surface area contributed by atoms with Gasteiger partial charge < -0.3 is 25.6 Å². The minimum absolute atomic E-state index is 0.0360. The highest BCUT2D eigenvalue weighted by Gasteiger charge is 2.23. The maximum Gasteiger partial charge on any atom is 0.317 e. The average molecular weight is 354 g/mol. The molecule has 2 rings (SSSR count). The fraction of sp³-hybridized carbons (Fsp3) is 0.889. The van der Waals surface area contributed by atoms with Crippen LogP contribution in [0.25, 0.3) is 0 Å². The number of rotatable bonds is 6. The summed E-state index contributed by atoms with van der Waals surface area (Å²) in [7, 11) is 0. The number of morpholine rings is 1. The van der Waals surface area contributed by atoms with E-state index >= 15 is 0 Å². The second-order valence-corrected chi connectivity index (χ2v) is 7.66. The van der Waals surface area contributed by atoms with Crippen molar-refractivity contribution in [3.8, 4) is 0 Å². The molecule has 1 aliphatic heterocycles. The number of urea groups is 2. The third-order valence-electron chi connectivity index (χ3n) is 5.03. The first-order valence-electron chi connectivity index (χ1n) is 9.66. The van der Waals surface area contributed by atoms with Gasteiger partial charge in [-0.1, -0.05) is 13.8 Å². The Balaban J connectivity index is 1.55. The maximum absolute atomic E-state index is 12.1. The molecule has 4 amide bonds. The molecule has 0 aromatic heterocycles. The number of carbonyl (C=O) groups is 2. The molecule has 2 aliphatic rings. The van der Waals surface area contributed by atoms with Crippen LogP contribution in [-0.2, 0) is 4.74 Å². The summed E-state index contributed by atoms with van der Waals surface area (Å²) in [5.41, 5.74) is 0. The summed E-state index contributed by atoms with van der Waals surface area (Å²) in [6.07, 6.45) is 4.46. The van der Waals surface area contributed by atoms with E-state index in [0.717, 1.165) is 38.8 Å². The van der Waals surface area contributed by atoms with Crippen molar-refractivity contribution in [3.63, 3.8) is 0 Å². The molecule has 1 heterocycles. The highest BCUT2D eigenvalue weighted by atomic mass is 16.5. The first-order valence-corrected chi connectivity index (χ1v) is 9.66. The van der Waals surface area contributed by atoms with Crippen molar-refractivity contribution in [2.45, 2.75) is 39.5 Å². The summed E-state index contributed by atoms with van der Waals surface area (Å²) in [6.45, 7) is 9.01. The Bertz CT molecular complexity index is 417. The predicted molar refractivity (Wildman–Crippen MR) is 97.5 cm³/mol. The van der Waals surface area contributed by atoms with E-state index < -0.39 is 0 Å². The fourth-order valence-electron chi connectivity index (χ4n) is 3.35. The molecule has 0 aromatic carbocycles. The Morgan fingerprint density at radius 3 is 2.08 bits per heavy atom. The smallest absolute Gasteiger partial charge is 0.317 e. The third-order valence-corrected chi connectivity index (χ3v) is 5.03. The van der Waals surface area contributed by atoms with E-state index in [9.17, 15) is 9.59 Å². The van der Waals surface area contributed by atoms with Crippen LogP contribution in [0.2, 0.25) is 0 Å².